The molecule has 0 spiro atoms. The van der Waals surface area contributed by atoms with Gasteiger partial charge in [-0.05, 0) is 19.8 Å². The van der Waals surface area contributed by atoms with Crippen LogP contribution in [0.4, 0.5) is 4.79 Å². The number of carbonyl (C=O) groups excluding carboxylic acids is 2. The summed E-state index contributed by atoms with van der Waals surface area (Å²) in [5, 5.41) is 2.56. The lowest BCUT2D eigenvalue weighted by Crippen LogP contribution is -2.27. The van der Waals surface area contributed by atoms with Crippen LogP contribution < -0.4 is 5.32 Å². The standard InChI is InChI=1S/C12H22N2O3/c1-5-9(3)11(15)17-8-7-13-12(16)14-10(4)6-2/h9H,5-8H2,1-4H3,(H,13,16). The van der Waals surface area contributed by atoms with Crippen LogP contribution in [0.2, 0.25) is 0 Å². The van der Waals surface area contributed by atoms with Gasteiger partial charge >= 0.3 is 12.0 Å². The first kappa shape index (κ1) is 15.6. The molecule has 5 nitrogen and oxygen atoms in total. The molecule has 0 aromatic rings. The summed E-state index contributed by atoms with van der Waals surface area (Å²) in [5.41, 5.74) is 0.777. The molecule has 1 unspecified atom stereocenters. The van der Waals surface area contributed by atoms with E-state index in [0.717, 1.165) is 18.6 Å². The summed E-state index contributed by atoms with van der Waals surface area (Å²) in [5.74, 6) is -0.318. The third-order valence-corrected chi connectivity index (χ3v) is 2.44. The van der Waals surface area contributed by atoms with Crippen molar-refractivity contribution in [1.82, 2.24) is 5.32 Å². The van der Waals surface area contributed by atoms with Gasteiger partial charge in [-0.2, -0.15) is 0 Å². The quantitative estimate of drug-likeness (QED) is 0.441. The average molecular weight is 242 g/mol. The number of aliphatic imine (C=N–C) groups is 1. The van der Waals surface area contributed by atoms with Crippen LogP contribution in [0.25, 0.3) is 0 Å². The van der Waals surface area contributed by atoms with Crippen molar-refractivity contribution in [3.05, 3.63) is 0 Å². The largest absolute Gasteiger partial charge is 0.464 e. The van der Waals surface area contributed by atoms with Crippen LogP contribution in [0.3, 0.4) is 0 Å². The lowest BCUT2D eigenvalue weighted by atomic mass is 10.1. The molecule has 0 saturated heterocycles. The molecule has 1 atom stereocenters. The Balaban J connectivity index is 3.72. The van der Waals surface area contributed by atoms with Gasteiger partial charge in [0.05, 0.1) is 12.5 Å². The highest BCUT2D eigenvalue weighted by molar-refractivity contribution is 5.93. The minimum atomic E-state index is -0.385. The molecule has 0 aliphatic carbocycles. The number of ether oxygens (including phenoxy) is 1. The van der Waals surface area contributed by atoms with E-state index in [1.807, 2.05) is 20.8 Å². The summed E-state index contributed by atoms with van der Waals surface area (Å²) in [6.07, 6.45) is 1.50. The van der Waals surface area contributed by atoms with Crippen LogP contribution in [0, 0.1) is 5.92 Å². The monoisotopic (exact) mass is 242 g/mol. The summed E-state index contributed by atoms with van der Waals surface area (Å²) >= 11 is 0. The number of nitrogens with one attached hydrogen (secondary N) is 1. The fraction of sp³-hybridized carbons (Fsp3) is 0.750. The topological polar surface area (TPSA) is 67.8 Å². The molecular weight excluding hydrogens is 220 g/mol. The zero-order chi connectivity index (χ0) is 13.3. The maximum absolute atomic E-state index is 11.3. The average Bonchev–Trinajstić information content (AvgIpc) is 2.32. The molecule has 0 aliphatic heterocycles. The molecule has 0 radical (unpaired) electrons. The Morgan fingerprint density at radius 2 is 2.00 bits per heavy atom. The zero-order valence-electron chi connectivity index (χ0n) is 11.1. The number of hydrogen-bond donors (Lipinski definition) is 1. The molecule has 0 fully saturated rings. The molecule has 0 saturated carbocycles. The molecule has 1 N–H and O–H groups in total. The van der Waals surface area contributed by atoms with E-state index >= 15 is 0 Å². The summed E-state index contributed by atoms with van der Waals surface area (Å²) in [4.78, 5) is 26.3. The highest BCUT2D eigenvalue weighted by atomic mass is 16.5. The van der Waals surface area contributed by atoms with Crippen molar-refractivity contribution in [3.8, 4) is 0 Å². The lowest BCUT2D eigenvalue weighted by Gasteiger charge is -2.09. The van der Waals surface area contributed by atoms with Crippen LogP contribution in [-0.2, 0) is 9.53 Å². The molecule has 17 heavy (non-hydrogen) atoms. The molecule has 0 bridgehead atoms. The van der Waals surface area contributed by atoms with Crippen molar-refractivity contribution < 1.29 is 14.3 Å². The van der Waals surface area contributed by atoms with Crippen LogP contribution in [0.1, 0.15) is 40.5 Å². The fourth-order valence-electron chi connectivity index (χ4n) is 0.910. The lowest BCUT2D eigenvalue weighted by molar-refractivity contribution is -0.147. The predicted molar refractivity (Wildman–Crippen MR) is 67.2 cm³/mol. The third kappa shape index (κ3) is 7.49. The van der Waals surface area contributed by atoms with Gasteiger partial charge in [0.1, 0.15) is 6.61 Å². The van der Waals surface area contributed by atoms with E-state index in [0.29, 0.717) is 6.54 Å². The SMILES string of the molecule is CCC(C)=NC(=O)NCCOC(=O)C(C)CC. The second kappa shape index (κ2) is 8.73. The second-order valence-electron chi connectivity index (χ2n) is 3.91. The molecule has 0 rings (SSSR count). The van der Waals surface area contributed by atoms with E-state index < -0.39 is 0 Å². The second-order valence-corrected chi connectivity index (χ2v) is 3.91. The summed E-state index contributed by atoms with van der Waals surface area (Å²) in [7, 11) is 0. The van der Waals surface area contributed by atoms with Gasteiger partial charge in [0.15, 0.2) is 0 Å². The van der Waals surface area contributed by atoms with Gasteiger partial charge in [-0.1, -0.05) is 20.8 Å². The van der Waals surface area contributed by atoms with Crippen molar-refractivity contribution in [2.45, 2.75) is 40.5 Å². The number of urea groups is 1. The van der Waals surface area contributed by atoms with Gasteiger partial charge in [-0.3, -0.25) is 4.79 Å². The predicted octanol–water partition coefficient (Wildman–Crippen LogP) is 2.16. The Bertz CT molecular complexity index is 287. The first-order valence-corrected chi connectivity index (χ1v) is 5.99. The number of esters is 1. The zero-order valence-corrected chi connectivity index (χ0v) is 11.1. The Morgan fingerprint density at radius 3 is 2.53 bits per heavy atom. The molecule has 0 heterocycles. The highest BCUT2D eigenvalue weighted by Crippen LogP contribution is 2.02. The number of rotatable bonds is 6. The van der Waals surface area contributed by atoms with Gasteiger partial charge in [-0.25, -0.2) is 9.79 Å². The molecule has 0 aliphatic rings. The Hall–Kier alpha value is -1.39. The minimum Gasteiger partial charge on any atom is -0.464 e. The molecular formula is C12H22N2O3. The smallest absolute Gasteiger partial charge is 0.340 e. The fourth-order valence-corrected chi connectivity index (χ4v) is 0.910. The van der Waals surface area contributed by atoms with Crippen LogP contribution >= 0.6 is 0 Å². The Labute approximate surface area is 103 Å². The van der Waals surface area contributed by atoms with Gasteiger partial charge in [-0.15, -0.1) is 0 Å². The van der Waals surface area contributed by atoms with Crippen LogP contribution in [0.5, 0.6) is 0 Å². The van der Waals surface area contributed by atoms with Crippen molar-refractivity contribution >= 4 is 17.7 Å². The summed E-state index contributed by atoms with van der Waals surface area (Å²) in [6.45, 7) is 7.95. The molecule has 2 amide bonds. The van der Waals surface area contributed by atoms with Gasteiger partial charge in [0.25, 0.3) is 0 Å². The molecule has 0 aromatic heterocycles. The van der Waals surface area contributed by atoms with E-state index in [4.69, 9.17) is 4.74 Å². The van der Waals surface area contributed by atoms with Gasteiger partial charge < -0.3 is 10.1 Å². The first-order valence-electron chi connectivity index (χ1n) is 5.99. The van der Waals surface area contributed by atoms with Crippen molar-refractivity contribution in [1.29, 1.82) is 0 Å². The van der Waals surface area contributed by atoms with Gasteiger partial charge in [0.2, 0.25) is 0 Å². The molecule has 98 valence electrons. The highest BCUT2D eigenvalue weighted by Gasteiger charge is 2.11. The first-order chi connectivity index (χ1) is 8.01. The van der Waals surface area contributed by atoms with Crippen LogP contribution in [0.15, 0.2) is 4.99 Å². The van der Waals surface area contributed by atoms with E-state index in [-0.39, 0.29) is 24.5 Å². The number of amides is 2. The van der Waals surface area contributed by atoms with Crippen molar-refractivity contribution in [2.24, 2.45) is 10.9 Å². The molecule has 0 aromatic carbocycles. The maximum atomic E-state index is 11.3. The maximum Gasteiger partial charge on any atom is 0.340 e. The normalized spacial score (nSPS) is 13.1. The minimum absolute atomic E-state index is 0.0916. The van der Waals surface area contributed by atoms with E-state index in [9.17, 15) is 9.59 Å². The Morgan fingerprint density at radius 1 is 1.35 bits per heavy atom. The van der Waals surface area contributed by atoms with Crippen molar-refractivity contribution in [3.63, 3.8) is 0 Å². The van der Waals surface area contributed by atoms with E-state index in [1.165, 1.54) is 0 Å². The molecule has 5 heteroatoms. The number of nitrogens with zero attached hydrogens (tertiary/aromatic N) is 1. The van der Waals surface area contributed by atoms with Gasteiger partial charge in [0, 0.05) is 5.71 Å². The third-order valence-electron chi connectivity index (χ3n) is 2.44. The van der Waals surface area contributed by atoms with Crippen LogP contribution in [-0.4, -0.2) is 30.9 Å². The van der Waals surface area contributed by atoms with Crippen molar-refractivity contribution in [2.75, 3.05) is 13.2 Å². The van der Waals surface area contributed by atoms with E-state index in [1.54, 1.807) is 6.92 Å². The summed E-state index contributed by atoms with van der Waals surface area (Å²) in [6, 6.07) is -0.385. The number of carbonyl (C=O) groups is 2. The van der Waals surface area contributed by atoms with E-state index in [2.05, 4.69) is 10.3 Å². The Kier molecular flexibility index (Phi) is 8.01. The summed E-state index contributed by atoms with van der Waals surface area (Å²) < 4.78 is 4.97. The number of hydrogen-bond acceptors (Lipinski definition) is 3.